The molecule has 11 heteroatoms. The van der Waals surface area contributed by atoms with E-state index in [0.29, 0.717) is 22.9 Å². The van der Waals surface area contributed by atoms with Gasteiger partial charge >= 0.3 is 6.03 Å². The van der Waals surface area contributed by atoms with E-state index in [0.717, 1.165) is 51.0 Å². The zero-order chi connectivity index (χ0) is 24.4. The molecule has 2 fully saturated rings. The van der Waals surface area contributed by atoms with Crippen molar-refractivity contribution in [1.29, 1.82) is 0 Å². The van der Waals surface area contributed by atoms with E-state index in [1.807, 2.05) is 12.1 Å². The number of methoxy groups -OCH3 is 1. The lowest BCUT2D eigenvalue weighted by atomic mass is 9.89. The van der Waals surface area contributed by atoms with Crippen LogP contribution < -0.4 is 16.0 Å². The number of anilines is 3. The highest BCUT2D eigenvalue weighted by Gasteiger charge is 2.32. The second kappa shape index (κ2) is 10.1. The van der Waals surface area contributed by atoms with Crippen molar-refractivity contribution in [3.63, 3.8) is 0 Å². The topological polar surface area (TPSA) is 129 Å². The van der Waals surface area contributed by atoms with Crippen LogP contribution in [-0.2, 0) is 11.3 Å². The predicted octanol–water partition coefficient (Wildman–Crippen LogP) is 2.30. The first-order chi connectivity index (χ1) is 17.0. The Hall–Kier alpha value is -3.28. The zero-order valence-corrected chi connectivity index (χ0v) is 20.1. The Kier molecular flexibility index (Phi) is 6.80. The van der Waals surface area contributed by atoms with Crippen LogP contribution in [0.4, 0.5) is 22.2 Å². The molecule has 186 valence electrons. The monoisotopic (exact) mass is 480 g/mol. The van der Waals surface area contributed by atoms with Crippen LogP contribution in [0.15, 0.2) is 30.6 Å². The molecule has 35 heavy (non-hydrogen) atoms. The molecule has 1 saturated carbocycles. The second-order valence-electron chi connectivity index (χ2n) is 9.17. The average molecular weight is 481 g/mol. The third kappa shape index (κ3) is 5.07. The van der Waals surface area contributed by atoms with E-state index in [2.05, 4.69) is 47.9 Å². The van der Waals surface area contributed by atoms with Crippen LogP contribution in [0, 0.1) is 0 Å². The standard InChI is InChI=1S/C24H32N8O3/c1-25-21-20-22(32(14-26-20)24(34)28-18-6-7-19(18)35-2)30-23(29-21)27-16-5-3-4-15(12-16)13-31-10-8-17(33)9-11-31/h3-5,12,14,17-19,33H,6-11,13H2,1-2H3,(H,28,34)(H2,25,27,29,30)/t18-,19-/m1/s1. The number of carbonyl (C=O) groups is 1. The van der Waals surface area contributed by atoms with Gasteiger partial charge in [-0.15, -0.1) is 0 Å². The summed E-state index contributed by atoms with van der Waals surface area (Å²) in [6, 6.07) is 7.81. The van der Waals surface area contributed by atoms with Crippen molar-refractivity contribution in [1.82, 2.24) is 29.7 Å². The van der Waals surface area contributed by atoms with Gasteiger partial charge in [0, 0.05) is 39.5 Å². The first kappa shape index (κ1) is 23.5. The molecule has 1 aromatic carbocycles. The Morgan fingerprint density at radius 1 is 1.20 bits per heavy atom. The van der Waals surface area contributed by atoms with Gasteiger partial charge in [0.2, 0.25) is 5.95 Å². The molecule has 4 N–H and O–H groups in total. The summed E-state index contributed by atoms with van der Waals surface area (Å²) in [7, 11) is 3.42. The number of likely N-dealkylation sites (tertiary alicyclic amines) is 1. The first-order valence-corrected chi connectivity index (χ1v) is 12.1. The number of benzene rings is 1. The summed E-state index contributed by atoms with van der Waals surface area (Å²) in [6.07, 6.45) is 4.77. The second-order valence-corrected chi connectivity index (χ2v) is 9.17. The van der Waals surface area contributed by atoms with E-state index in [1.54, 1.807) is 14.2 Å². The van der Waals surface area contributed by atoms with E-state index in [9.17, 15) is 9.90 Å². The smallest absolute Gasteiger partial charge is 0.328 e. The van der Waals surface area contributed by atoms with Gasteiger partial charge in [0.05, 0.1) is 18.2 Å². The number of ether oxygens (including phenoxy) is 1. The van der Waals surface area contributed by atoms with Gasteiger partial charge in [-0.25, -0.2) is 14.3 Å². The molecule has 0 spiro atoms. The minimum Gasteiger partial charge on any atom is -0.393 e. The summed E-state index contributed by atoms with van der Waals surface area (Å²) < 4.78 is 6.80. The molecule has 3 aromatic rings. The van der Waals surface area contributed by atoms with Crippen molar-refractivity contribution in [3.8, 4) is 0 Å². The van der Waals surface area contributed by atoms with Gasteiger partial charge in [-0.1, -0.05) is 12.1 Å². The molecule has 2 atom stereocenters. The number of aliphatic hydroxyl groups is 1. The highest BCUT2D eigenvalue weighted by molar-refractivity contribution is 5.92. The Balaban J connectivity index is 1.35. The van der Waals surface area contributed by atoms with Gasteiger partial charge in [-0.05, 0) is 43.4 Å². The average Bonchev–Trinajstić information content (AvgIpc) is 3.27. The summed E-state index contributed by atoms with van der Waals surface area (Å²) in [6.45, 7) is 2.60. The number of aliphatic hydroxyl groups excluding tert-OH is 1. The number of hydrogen-bond acceptors (Lipinski definition) is 9. The molecular formula is C24H32N8O3. The van der Waals surface area contributed by atoms with Crippen LogP contribution in [0.2, 0.25) is 0 Å². The number of nitrogens with one attached hydrogen (secondary N) is 3. The maximum Gasteiger partial charge on any atom is 0.328 e. The molecule has 2 aliphatic rings. The molecule has 1 aliphatic carbocycles. The zero-order valence-electron chi connectivity index (χ0n) is 20.1. The Bertz CT molecular complexity index is 1190. The van der Waals surface area contributed by atoms with Gasteiger partial charge < -0.3 is 25.8 Å². The van der Waals surface area contributed by atoms with E-state index in [-0.39, 0.29) is 24.3 Å². The first-order valence-electron chi connectivity index (χ1n) is 12.1. The van der Waals surface area contributed by atoms with Gasteiger partial charge in [0.15, 0.2) is 17.0 Å². The fourth-order valence-corrected chi connectivity index (χ4v) is 4.64. The number of rotatable bonds is 7. The number of piperidine rings is 1. The lowest BCUT2D eigenvalue weighted by Gasteiger charge is -2.35. The van der Waals surface area contributed by atoms with Gasteiger partial charge in [-0.2, -0.15) is 9.97 Å². The van der Waals surface area contributed by atoms with Crippen molar-refractivity contribution >= 4 is 34.6 Å². The van der Waals surface area contributed by atoms with Crippen molar-refractivity contribution < 1.29 is 14.6 Å². The molecular weight excluding hydrogens is 448 g/mol. The van der Waals surface area contributed by atoms with Gasteiger partial charge in [-0.3, -0.25) is 4.90 Å². The maximum absolute atomic E-state index is 12.9. The molecule has 5 rings (SSSR count). The maximum atomic E-state index is 12.9. The number of hydrogen-bond donors (Lipinski definition) is 4. The van der Waals surface area contributed by atoms with Crippen LogP contribution in [0.5, 0.6) is 0 Å². The normalized spacial score (nSPS) is 21.0. The fourth-order valence-electron chi connectivity index (χ4n) is 4.64. The van der Waals surface area contributed by atoms with Gasteiger partial charge in [0.1, 0.15) is 6.33 Å². The summed E-state index contributed by atoms with van der Waals surface area (Å²) in [5, 5.41) is 19.1. The molecule has 3 heterocycles. The number of aromatic nitrogens is 4. The molecule has 1 saturated heterocycles. The summed E-state index contributed by atoms with van der Waals surface area (Å²) >= 11 is 0. The number of imidazole rings is 1. The highest BCUT2D eigenvalue weighted by atomic mass is 16.5. The fraction of sp³-hybridized carbons (Fsp3) is 0.500. The van der Waals surface area contributed by atoms with Crippen LogP contribution >= 0.6 is 0 Å². The SMILES string of the molecule is CNc1nc(Nc2cccc(CN3CCC(O)CC3)c2)nc2c1ncn2C(=O)N[C@@H]1CC[C@H]1OC. The summed E-state index contributed by atoms with van der Waals surface area (Å²) in [5.74, 6) is 0.901. The quantitative estimate of drug-likeness (QED) is 0.402. The number of carbonyl (C=O) groups excluding carboxylic acids is 1. The van der Waals surface area contributed by atoms with E-state index >= 15 is 0 Å². The number of fused-ring (bicyclic) bond motifs is 1. The lowest BCUT2D eigenvalue weighted by Crippen LogP contribution is -2.52. The number of amides is 1. The molecule has 0 bridgehead atoms. The van der Waals surface area contributed by atoms with Crippen LogP contribution in [0.25, 0.3) is 11.2 Å². The minimum atomic E-state index is -0.292. The van der Waals surface area contributed by atoms with Crippen LogP contribution in [0.1, 0.15) is 31.2 Å². The largest absolute Gasteiger partial charge is 0.393 e. The molecule has 0 radical (unpaired) electrons. The Labute approximate surface area is 203 Å². The third-order valence-corrected chi connectivity index (χ3v) is 6.82. The van der Waals surface area contributed by atoms with E-state index < -0.39 is 0 Å². The lowest BCUT2D eigenvalue weighted by molar-refractivity contribution is 0.0110. The van der Waals surface area contributed by atoms with Crippen molar-refractivity contribution in [3.05, 3.63) is 36.2 Å². The van der Waals surface area contributed by atoms with Crippen molar-refractivity contribution in [2.45, 2.75) is 50.5 Å². The van der Waals surface area contributed by atoms with E-state index in [1.165, 1.54) is 16.5 Å². The van der Waals surface area contributed by atoms with Crippen LogP contribution in [-0.4, -0.2) is 81.1 Å². The molecule has 1 amide bonds. The summed E-state index contributed by atoms with van der Waals surface area (Å²) in [5.41, 5.74) is 2.96. The number of nitrogens with zero attached hydrogens (tertiary/aromatic N) is 5. The Morgan fingerprint density at radius 3 is 2.74 bits per heavy atom. The molecule has 2 aromatic heterocycles. The van der Waals surface area contributed by atoms with Crippen molar-refractivity contribution in [2.75, 3.05) is 37.9 Å². The third-order valence-electron chi connectivity index (χ3n) is 6.82. The van der Waals surface area contributed by atoms with E-state index in [4.69, 9.17) is 4.74 Å². The van der Waals surface area contributed by atoms with Gasteiger partial charge in [0.25, 0.3) is 0 Å². The van der Waals surface area contributed by atoms with Crippen molar-refractivity contribution in [2.24, 2.45) is 0 Å². The van der Waals surface area contributed by atoms with Crippen LogP contribution in [0.3, 0.4) is 0 Å². The highest BCUT2D eigenvalue weighted by Crippen LogP contribution is 2.25. The minimum absolute atomic E-state index is 0.0148. The summed E-state index contributed by atoms with van der Waals surface area (Å²) in [4.78, 5) is 28.8. The Morgan fingerprint density at radius 2 is 2.03 bits per heavy atom. The molecule has 0 unspecified atom stereocenters. The predicted molar refractivity (Wildman–Crippen MR) is 133 cm³/mol. The molecule has 1 aliphatic heterocycles. The molecule has 11 nitrogen and oxygen atoms in total.